The Hall–Kier alpha value is -1.55. The van der Waals surface area contributed by atoms with Gasteiger partial charge in [-0.15, -0.1) is 0 Å². The monoisotopic (exact) mass is 307 g/mol. The van der Waals surface area contributed by atoms with Gasteiger partial charge in [0.25, 0.3) is 0 Å². The van der Waals surface area contributed by atoms with Crippen molar-refractivity contribution in [3.05, 3.63) is 28.8 Å². The Morgan fingerprint density at radius 1 is 1.09 bits per heavy atom. The minimum absolute atomic E-state index is 0.118. The van der Waals surface area contributed by atoms with Gasteiger partial charge in [-0.3, -0.25) is 9.63 Å². The van der Waals surface area contributed by atoms with Gasteiger partial charge in [-0.1, -0.05) is 53.7 Å². The second kappa shape index (κ2) is 6.29. The number of rotatable bonds is 3. The van der Waals surface area contributed by atoms with E-state index in [-0.39, 0.29) is 23.2 Å². The van der Waals surface area contributed by atoms with Crippen LogP contribution in [0.25, 0.3) is 0 Å². The van der Waals surface area contributed by atoms with Crippen LogP contribution in [0.5, 0.6) is 5.75 Å². The van der Waals surface area contributed by atoms with Crippen molar-refractivity contribution < 1.29 is 14.7 Å². The van der Waals surface area contributed by atoms with Crippen molar-refractivity contribution in [2.24, 2.45) is 0 Å². The number of carbonyl (C=O) groups is 1. The van der Waals surface area contributed by atoms with Crippen molar-refractivity contribution >= 4 is 5.91 Å². The Bertz CT molecular complexity index is 515. The topological polar surface area (TPSA) is 49.8 Å². The Morgan fingerprint density at radius 2 is 1.50 bits per heavy atom. The van der Waals surface area contributed by atoms with Gasteiger partial charge in [0, 0.05) is 7.05 Å². The maximum Gasteiger partial charge on any atom is 0.250 e. The van der Waals surface area contributed by atoms with E-state index in [0.29, 0.717) is 5.75 Å². The van der Waals surface area contributed by atoms with Crippen LogP contribution in [0.3, 0.4) is 0 Å². The molecule has 124 valence electrons. The summed E-state index contributed by atoms with van der Waals surface area (Å²) in [7, 11) is 3.06. The molecule has 0 aliphatic carbocycles. The van der Waals surface area contributed by atoms with Gasteiger partial charge >= 0.3 is 0 Å². The molecule has 4 nitrogen and oxygen atoms in total. The molecule has 0 saturated carbocycles. The van der Waals surface area contributed by atoms with Crippen LogP contribution in [0.2, 0.25) is 0 Å². The number of carbonyl (C=O) groups excluding carboxylic acids is 1. The Labute approximate surface area is 134 Å². The zero-order valence-electron chi connectivity index (χ0n) is 15.1. The van der Waals surface area contributed by atoms with Crippen LogP contribution < -0.4 is 0 Å². The number of hydrogen-bond acceptors (Lipinski definition) is 3. The highest BCUT2D eigenvalue weighted by Gasteiger charge is 2.27. The summed E-state index contributed by atoms with van der Waals surface area (Å²) in [5.74, 6) is 0.212. The van der Waals surface area contributed by atoms with E-state index < -0.39 is 0 Å². The summed E-state index contributed by atoms with van der Waals surface area (Å²) < 4.78 is 0. The van der Waals surface area contributed by atoms with E-state index in [4.69, 9.17) is 4.84 Å². The normalized spacial score (nSPS) is 12.4. The predicted octanol–water partition coefficient (Wildman–Crippen LogP) is 3.55. The average Bonchev–Trinajstić information content (AvgIpc) is 2.36. The molecule has 1 aromatic rings. The lowest BCUT2D eigenvalue weighted by molar-refractivity contribution is -0.167. The molecule has 0 saturated heterocycles. The quantitative estimate of drug-likeness (QED) is 0.869. The van der Waals surface area contributed by atoms with Crippen LogP contribution >= 0.6 is 0 Å². The zero-order chi connectivity index (χ0) is 17.3. The third kappa shape index (κ3) is 4.23. The summed E-state index contributed by atoms with van der Waals surface area (Å²) >= 11 is 0. The fourth-order valence-corrected chi connectivity index (χ4v) is 2.33. The van der Waals surface area contributed by atoms with Crippen molar-refractivity contribution in [1.82, 2.24) is 5.06 Å². The first-order valence-electron chi connectivity index (χ1n) is 7.55. The number of likely N-dealkylation sites (N-methyl/N-ethyl adjacent to an activating group) is 1. The predicted molar refractivity (Wildman–Crippen MR) is 89.0 cm³/mol. The van der Waals surface area contributed by atoms with E-state index in [1.165, 1.54) is 12.2 Å². The van der Waals surface area contributed by atoms with E-state index in [2.05, 4.69) is 41.5 Å². The van der Waals surface area contributed by atoms with Crippen LogP contribution in [0.1, 0.15) is 58.2 Å². The van der Waals surface area contributed by atoms with E-state index in [9.17, 15) is 9.90 Å². The van der Waals surface area contributed by atoms with Crippen LogP contribution in [0.15, 0.2) is 12.1 Å². The van der Waals surface area contributed by atoms with Gasteiger partial charge in [-0.25, -0.2) is 5.06 Å². The molecule has 22 heavy (non-hydrogen) atoms. The molecular weight excluding hydrogens is 278 g/mol. The fourth-order valence-electron chi connectivity index (χ4n) is 2.33. The van der Waals surface area contributed by atoms with Crippen molar-refractivity contribution in [2.45, 2.75) is 58.8 Å². The molecule has 0 aliphatic rings. The highest BCUT2D eigenvalue weighted by atomic mass is 16.7. The molecule has 0 aliphatic heterocycles. The number of benzene rings is 1. The molecule has 0 heterocycles. The van der Waals surface area contributed by atoms with Crippen molar-refractivity contribution in [3.8, 4) is 5.75 Å². The largest absolute Gasteiger partial charge is 0.507 e. The van der Waals surface area contributed by atoms with Crippen molar-refractivity contribution in [2.75, 3.05) is 14.2 Å². The van der Waals surface area contributed by atoms with E-state index >= 15 is 0 Å². The molecule has 0 bridgehead atoms. The molecule has 0 spiro atoms. The summed E-state index contributed by atoms with van der Waals surface area (Å²) in [6.45, 7) is 12.3. The smallest absolute Gasteiger partial charge is 0.250 e. The number of phenols is 1. The maximum absolute atomic E-state index is 12.1. The summed E-state index contributed by atoms with van der Waals surface area (Å²) in [6.07, 6.45) is 0.247. The number of nitrogens with zero attached hydrogens (tertiary/aromatic N) is 1. The SMILES string of the molecule is CON(C)C(=O)Cc1cc(C(C)(C)C)c(O)c(C(C)(C)C)c1. The highest BCUT2D eigenvalue weighted by Crippen LogP contribution is 2.39. The first kappa shape index (κ1) is 18.5. The average molecular weight is 307 g/mol. The Morgan fingerprint density at radius 3 is 1.82 bits per heavy atom. The van der Waals surface area contributed by atoms with E-state index in [0.717, 1.165) is 16.7 Å². The van der Waals surface area contributed by atoms with Crippen LogP contribution in [0.4, 0.5) is 0 Å². The van der Waals surface area contributed by atoms with Crippen molar-refractivity contribution in [3.63, 3.8) is 0 Å². The fraction of sp³-hybridized carbons (Fsp3) is 0.611. The van der Waals surface area contributed by atoms with Gasteiger partial charge in [0.05, 0.1) is 13.5 Å². The van der Waals surface area contributed by atoms with Gasteiger partial charge in [-0.2, -0.15) is 0 Å². The zero-order valence-corrected chi connectivity index (χ0v) is 15.1. The van der Waals surface area contributed by atoms with E-state index in [1.54, 1.807) is 7.05 Å². The van der Waals surface area contributed by atoms with Gasteiger partial charge < -0.3 is 5.11 Å². The van der Waals surface area contributed by atoms with Gasteiger partial charge in [0.15, 0.2) is 0 Å². The molecule has 1 amide bonds. The minimum atomic E-state index is -0.198. The summed E-state index contributed by atoms with van der Waals surface area (Å²) in [4.78, 5) is 17.0. The second-order valence-corrected chi connectivity index (χ2v) is 7.79. The maximum atomic E-state index is 12.1. The van der Waals surface area contributed by atoms with Gasteiger partial charge in [0.2, 0.25) is 5.91 Å². The lowest BCUT2D eigenvalue weighted by Crippen LogP contribution is -2.27. The molecular formula is C18H29NO3. The lowest BCUT2D eigenvalue weighted by Gasteiger charge is -2.28. The summed E-state index contributed by atoms with van der Waals surface area (Å²) in [5.41, 5.74) is 2.22. The molecule has 1 aromatic carbocycles. The van der Waals surface area contributed by atoms with E-state index in [1.807, 2.05) is 12.1 Å². The first-order valence-corrected chi connectivity index (χ1v) is 7.55. The molecule has 1 N–H and O–H groups in total. The van der Waals surface area contributed by atoms with Crippen LogP contribution in [-0.2, 0) is 26.9 Å². The first-order chi connectivity index (χ1) is 9.87. The van der Waals surface area contributed by atoms with Gasteiger partial charge in [-0.05, 0) is 27.5 Å². The molecule has 0 aromatic heterocycles. The highest BCUT2D eigenvalue weighted by molar-refractivity contribution is 5.78. The molecule has 4 heteroatoms. The van der Waals surface area contributed by atoms with Gasteiger partial charge in [0.1, 0.15) is 5.75 Å². The number of hydroxylamine groups is 2. The summed E-state index contributed by atoms with van der Waals surface area (Å²) in [6, 6.07) is 3.85. The summed E-state index contributed by atoms with van der Waals surface area (Å²) in [5, 5.41) is 11.9. The molecule has 1 rings (SSSR count). The molecule has 0 radical (unpaired) electrons. The Balaban J connectivity index is 3.39. The van der Waals surface area contributed by atoms with Crippen LogP contribution in [-0.4, -0.2) is 30.2 Å². The Kier molecular flexibility index (Phi) is 5.29. The van der Waals surface area contributed by atoms with Crippen LogP contribution in [0, 0.1) is 0 Å². The third-order valence-corrected chi connectivity index (χ3v) is 3.77. The minimum Gasteiger partial charge on any atom is -0.507 e. The molecule has 0 atom stereocenters. The standard InChI is InChI=1S/C18H29NO3/c1-17(2,3)13-9-12(11-15(20)19(7)22-8)10-14(16(13)21)18(4,5)6/h9-10,21H,11H2,1-8H3. The molecule has 0 unspecified atom stereocenters. The second-order valence-electron chi connectivity index (χ2n) is 7.79. The van der Waals surface area contributed by atoms with Crippen molar-refractivity contribution in [1.29, 1.82) is 0 Å². The number of amides is 1. The lowest BCUT2D eigenvalue weighted by atomic mass is 9.78. The number of aromatic hydroxyl groups is 1. The molecule has 0 fully saturated rings. The number of hydrogen-bond donors (Lipinski definition) is 1. The third-order valence-electron chi connectivity index (χ3n) is 3.77. The number of phenolic OH excluding ortho intramolecular Hbond substituents is 1.